The highest BCUT2D eigenvalue weighted by atomic mass is 16.5. The summed E-state index contributed by atoms with van der Waals surface area (Å²) in [6, 6.07) is 5.42. The number of hydrogen-bond donors (Lipinski definition) is 1. The first-order valence-electron chi connectivity index (χ1n) is 10.4. The van der Waals surface area contributed by atoms with Crippen molar-refractivity contribution in [2.75, 3.05) is 19.1 Å². The Morgan fingerprint density at radius 2 is 2.09 bits per heavy atom. The first-order chi connectivity index (χ1) is 15.5. The zero-order valence-electron chi connectivity index (χ0n) is 18.4. The third-order valence-corrected chi connectivity index (χ3v) is 5.26. The first-order valence-corrected chi connectivity index (χ1v) is 10.4. The van der Waals surface area contributed by atoms with Crippen molar-refractivity contribution < 1.29 is 14.3 Å². The SMILES string of the molecule is CCC/C=C(/N)Cn1cc(N2Cc3nc(-c4cnc(OC)c(OC)c4)ccc3C2=O)cn1. The number of carbonyl (C=O) groups is 1. The molecule has 0 saturated carbocycles. The van der Waals surface area contributed by atoms with Gasteiger partial charge in [-0.15, -0.1) is 0 Å². The number of nitrogens with two attached hydrogens (primary N) is 1. The van der Waals surface area contributed by atoms with E-state index in [1.165, 1.54) is 7.11 Å². The number of amides is 1. The highest BCUT2D eigenvalue weighted by Crippen LogP contribution is 2.32. The third-order valence-electron chi connectivity index (χ3n) is 5.26. The lowest BCUT2D eigenvalue weighted by Gasteiger charge is -2.12. The average molecular weight is 435 g/mol. The second kappa shape index (κ2) is 9.09. The summed E-state index contributed by atoms with van der Waals surface area (Å²) in [6.45, 7) is 2.97. The lowest BCUT2D eigenvalue weighted by Crippen LogP contribution is -2.22. The van der Waals surface area contributed by atoms with Gasteiger partial charge in [-0.2, -0.15) is 5.10 Å². The molecule has 0 bridgehead atoms. The Morgan fingerprint density at radius 3 is 2.84 bits per heavy atom. The monoisotopic (exact) mass is 434 g/mol. The fourth-order valence-electron chi connectivity index (χ4n) is 3.58. The molecule has 9 nitrogen and oxygen atoms in total. The van der Waals surface area contributed by atoms with E-state index in [1.54, 1.807) is 35.2 Å². The first kappa shape index (κ1) is 21.4. The molecule has 1 aliphatic rings. The van der Waals surface area contributed by atoms with Crippen LogP contribution >= 0.6 is 0 Å². The summed E-state index contributed by atoms with van der Waals surface area (Å²) in [4.78, 5) is 23.6. The molecule has 32 heavy (non-hydrogen) atoms. The van der Waals surface area contributed by atoms with Gasteiger partial charge in [0, 0.05) is 23.7 Å². The number of fused-ring (bicyclic) bond motifs is 1. The minimum absolute atomic E-state index is 0.0986. The molecule has 0 unspecified atom stereocenters. The molecule has 3 aromatic heterocycles. The van der Waals surface area contributed by atoms with Crippen molar-refractivity contribution in [3.8, 4) is 22.9 Å². The van der Waals surface area contributed by atoms with Gasteiger partial charge >= 0.3 is 0 Å². The number of anilines is 1. The van der Waals surface area contributed by atoms with Crippen LogP contribution < -0.4 is 20.1 Å². The van der Waals surface area contributed by atoms with E-state index in [0.717, 1.165) is 24.1 Å². The molecule has 0 fully saturated rings. The molecule has 2 N–H and O–H groups in total. The molecule has 0 radical (unpaired) electrons. The topological polar surface area (TPSA) is 108 Å². The van der Waals surface area contributed by atoms with E-state index < -0.39 is 0 Å². The molecule has 3 aromatic rings. The van der Waals surface area contributed by atoms with Crippen molar-refractivity contribution in [2.45, 2.75) is 32.9 Å². The number of methoxy groups -OCH3 is 2. The van der Waals surface area contributed by atoms with Gasteiger partial charge < -0.3 is 15.2 Å². The Bertz CT molecular complexity index is 1170. The maximum Gasteiger partial charge on any atom is 0.260 e. The number of rotatable bonds is 8. The number of ether oxygens (including phenoxy) is 2. The van der Waals surface area contributed by atoms with Gasteiger partial charge in [-0.25, -0.2) is 4.98 Å². The summed E-state index contributed by atoms with van der Waals surface area (Å²) in [6.07, 6.45) is 9.16. The van der Waals surface area contributed by atoms with Gasteiger partial charge in [-0.05, 0) is 24.6 Å². The molecule has 1 aliphatic heterocycles. The zero-order valence-corrected chi connectivity index (χ0v) is 18.4. The van der Waals surface area contributed by atoms with Crippen molar-refractivity contribution in [1.82, 2.24) is 19.7 Å². The molecule has 0 saturated heterocycles. The van der Waals surface area contributed by atoms with Gasteiger partial charge in [0.15, 0.2) is 5.75 Å². The molecule has 9 heteroatoms. The van der Waals surface area contributed by atoms with Gasteiger partial charge in [-0.3, -0.25) is 19.4 Å². The van der Waals surface area contributed by atoms with E-state index >= 15 is 0 Å². The zero-order chi connectivity index (χ0) is 22.7. The fourth-order valence-corrected chi connectivity index (χ4v) is 3.58. The number of nitrogens with zero attached hydrogens (tertiary/aromatic N) is 5. The predicted octanol–water partition coefficient (Wildman–Crippen LogP) is 3.16. The highest BCUT2D eigenvalue weighted by Gasteiger charge is 2.31. The Balaban J connectivity index is 1.55. The Hall–Kier alpha value is -3.88. The standard InChI is InChI=1S/C23H26N6O3/c1-4-5-6-16(24)12-28-13-17(11-26-28)29-14-20-18(23(29)30)7-8-19(27-20)15-9-21(31-2)22(32-3)25-10-15/h6-11,13H,4-5,12,14,24H2,1-3H3/b16-6+. The van der Waals surface area contributed by atoms with Crippen LogP contribution in [-0.4, -0.2) is 39.9 Å². The van der Waals surface area contributed by atoms with Crippen LogP contribution in [0.4, 0.5) is 5.69 Å². The predicted molar refractivity (Wildman–Crippen MR) is 120 cm³/mol. The van der Waals surface area contributed by atoms with E-state index in [9.17, 15) is 4.79 Å². The summed E-state index contributed by atoms with van der Waals surface area (Å²) in [5.41, 5.74) is 10.3. The third kappa shape index (κ3) is 4.14. The lowest BCUT2D eigenvalue weighted by atomic mass is 10.1. The number of allylic oxidation sites excluding steroid dienone is 2. The van der Waals surface area contributed by atoms with E-state index in [-0.39, 0.29) is 5.91 Å². The van der Waals surface area contributed by atoms with Crippen LogP contribution in [0.2, 0.25) is 0 Å². The quantitative estimate of drug-likeness (QED) is 0.580. The van der Waals surface area contributed by atoms with Gasteiger partial charge in [0.05, 0.1) is 56.1 Å². The van der Waals surface area contributed by atoms with Crippen LogP contribution in [0.5, 0.6) is 11.6 Å². The highest BCUT2D eigenvalue weighted by molar-refractivity contribution is 6.09. The molecule has 0 aromatic carbocycles. The lowest BCUT2D eigenvalue weighted by molar-refractivity contribution is 0.0996. The molecule has 0 spiro atoms. The van der Waals surface area contributed by atoms with Crippen molar-refractivity contribution in [3.05, 3.63) is 59.8 Å². The van der Waals surface area contributed by atoms with Crippen LogP contribution in [0.3, 0.4) is 0 Å². The minimum Gasteiger partial charge on any atom is -0.491 e. The number of pyridine rings is 2. The van der Waals surface area contributed by atoms with Gasteiger partial charge in [-0.1, -0.05) is 19.4 Å². The maximum absolute atomic E-state index is 13.0. The summed E-state index contributed by atoms with van der Waals surface area (Å²) in [5.74, 6) is 0.823. The van der Waals surface area contributed by atoms with E-state index in [1.807, 2.05) is 24.4 Å². The van der Waals surface area contributed by atoms with Crippen LogP contribution in [-0.2, 0) is 13.1 Å². The average Bonchev–Trinajstić information content (AvgIpc) is 3.40. The van der Waals surface area contributed by atoms with E-state index in [0.29, 0.717) is 47.4 Å². The Morgan fingerprint density at radius 1 is 1.25 bits per heavy atom. The van der Waals surface area contributed by atoms with Crippen LogP contribution in [0.25, 0.3) is 11.3 Å². The normalized spacial score (nSPS) is 13.4. The Kier molecular flexibility index (Phi) is 6.07. The molecule has 166 valence electrons. The summed E-state index contributed by atoms with van der Waals surface area (Å²) in [5, 5.41) is 4.35. The largest absolute Gasteiger partial charge is 0.491 e. The smallest absolute Gasteiger partial charge is 0.260 e. The van der Waals surface area contributed by atoms with Gasteiger partial charge in [0.2, 0.25) is 0 Å². The van der Waals surface area contributed by atoms with Crippen LogP contribution in [0, 0.1) is 0 Å². The van der Waals surface area contributed by atoms with E-state index in [2.05, 4.69) is 17.0 Å². The van der Waals surface area contributed by atoms with Crippen LogP contribution in [0.15, 0.2) is 48.6 Å². The summed E-state index contributed by atoms with van der Waals surface area (Å²) >= 11 is 0. The number of aromatic nitrogens is 4. The van der Waals surface area contributed by atoms with Crippen molar-refractivity contribution in [2.24, 2.45) is 5.73 Å². The summed E-state index contributed by atoms with van der Waals surface area (Å²) in [7, 11) is 3.10. The molecule has 1 amide bonds. The molecule has 4 rings (SSSR count). The summed E-state index contributed by atoms with van der Waals surface area (Å²) < 4.78 is 12.3. The number of unbranched alkanes of at least 4 members (excludes halogenated alkanes) is 1. The fraction of sp³-hybridized carbons (Fsp3) is 0.304. The van der Waals surface area contributed by atoms with Gasteiger partial charge in [0.25, 0.3) is 11.8 Å². The van der Waals surface area contributed by atoms with Crippen molar-refractivity contribution >= 4 is 11.6 Å². The Labute approximate surface area is 186 Å². The molecule has 0 atom stereocenters. The minimum atomic E-state index is -0.0986. The van der Waals surface area contributed by atoms with Crippen molar-refractivity contribution in [1.29, 1.82) is 0 Å². The number of carbonyl (C=O) groups excluding carboxylic acids is 1. The molecule has 4 heterocycles. The molecule has 0 aliphatic carbocycles. The second-order valence-corrected chi connectivity index (χ2v) is 7.48. The van der Waals surface area contributed by atoms with Crippen molar-refractivity contribution in [3.63, 3.8) is 0 Å². The van der Waals surface area contributed by atoms with Crippen LogP contribution in [0.1, 0.15) is 35.8 Å². The second-order valence-electron chi connectivity index (χ2n) is 7.48. The maximum atomic E-state index is 13.0. The number of hydrogen-bond acceptors (Lipinski definition) is 7. The van der Waals surface area contributed by atoms with E-state index in [4.69, 9.17) is 20.2 Å². The molecular formula is C23H26N6O3. The van der Waals surface area contributed by atoms with Gasteiger partial charge in [0.1, 0.15) is 0 Å². The molecular weight excluding hydrogens is 408 g/mol.